The summed E-state index contributed by atoms with van der Waals surface area (Å²) < 4.78 is 2.77. The molecule has 1 unspecified atom stereocenters. The van der Waals surface area contributed by atoms with E-state index in [1.165, 1.54) is 0 Å². The minimum atomic E-state index is -2.02. The number of carbonyl (C=O) groups excluding carboxylic acids is 1. The molecule has 2 nitrogen and oxygen atoms in total. The number of alkyl halides is 3. The third-order valence-electron chi connectivity index (χ3n) is 1.16. The van der Waals surface area contributed by atoms with Crippen molar-refractivity contribution < 1.29 is 9.53 Å². The molecule has 0 heterocycles. The van der Waals surface area contributed by atoms with Gasteiger partial charge >= 0.3 is 5.97 Å². The van der Waals surface area contributed by atoms with Crippen molar-refractivity contribution in [2.24, 2.45) is 0 Å². The largest absolute Gasteiger partial charge is 0.446 e. The molecule has 74 valence electrons. The van der Waals surface area contributed by atoms with E-state index < -0.39 is 15.9 Å². The van der Waals surface area contributed by atoms with Crippen LogP contribution in [0.1, 0.15) is 20.3 Å². The molecule has 0 radical (unpaired) electrons. The van der Waals surface area contributed by atoms with Gasteiger partial charge < -0.3 is 4.74 Å². The lowest BCUT2D eigenvalue weighted by Gasteiger charge is -2.14. The van der Waals surface area contributed by atoms with E-state index in [9.17, 15) is 4.79 Å². The van der Waals surface area contributed by atoms with E-state index in [-0.39, 0.29) is 0 Å². The number of halogens is 3. The molecular formula is C8H9Cl3O2. The zero-order chi connectivity index (χ0) is 10.5. The maximum absolute atomic E-state index is 11.0. The van der Waals surface area contributed by atoms with E-state index in [0.29, 0.717) is 6.42 Å². The van der Waals surface area contributed by atoms with Crippen molar-refractivity contribution in [1.82, 2.24) is 0 Å². The van der Waals surface area contributed by atoms with Gasteiger partial charge in [0.2, 0.25) is 0 Å². The van der Waals surface area contributed by atoms with Crippen LogP contribution in [0, 0.1) is 11.8 Å². The summed E-state index contributed by atoms with van der Waals surface area (Å²) in [6.07, 6.45) is 0.0565. The Morgan fingerprint density at radius 2 is 2.08 bits per heavy atom. The summed E-state index contributed by atoms with van der Waals surface area (Å²) in [6, 6.07) is 0. The fourth-order valence-corrected chi connectivity index (χ4v) is 0.705. The number of hydrogen-bond acceptors (Lipinski definition) is 2. The number of hydrogen-bond donors (Lipinski definition) is 0. The van der Waals surface area contributed by atoms with Crippen molar-refractivity contribution in [2.45, 2.75) is 30.2 Å². The van der Waals surface area contributed by atoms with Crippen molar-refractivity contribution >= 4 is 40.8 Å². The smallest absolute Gasteiger partial charge is 0.359 e. The van der Waals surface area contributed by atoms with Crippen LogP contribution in [0.25, 0.3) is 0 Å². The van der Waals surface area contributed by atoms with Gasteiger partial charge in [-0.05, 0) is 13.3 Å². The van der Waals surface area contributed by atoms with Crippen LogP contribution in [0.2, 0.25) is 0 Å². The van der Waals surface area contributed by atoms with Gasteiger partial charge in [-0.2, -0.15) is 0 Å². The number of ether oxygens (including phenoxy) is 1. The summed E-state index contributed by atoms with van der Waals surface area (Å²) in [7, 11) is 0. The van der Waals surface area contributed by atoms with Crippen molar-refractivity contribution in [3.63, 3.8) is 0 Å². The molecule has 5 heteroatoms. The third-order valence-corrected chi connectivity index (χ3v) is 1.62. The summed E-state index contributed by atoms with van der Waals surface area (Å²) >= 11 is 15.9. The Balaban J connectivity index is 4.23. The van der Waals surface area contributed by atoms with E-state index >= 15 is 0 Å². The Labute approximate surface area is 92.5 Å². The van der Waals surface area contributed by atoms with E-state index in [4.69, 9.17) is 39.5 Å². The van der Waals surface area contributed by atoms with Crippen molar-refractivity contribution in [2.75, 3.05) is 0 Å². The summed E-state index contributed by atoms with van der Waals surface area (Å²) in [4.78, 5) is 11.0. The predicted molar refractivity (Wildman–Crippen MR) is 53.9 cm³/mol. The zero-order valence-electron chi connectivity index (χ0n) is 7.23. The maximum Gasteiger partial charge on any atom is 0.359 e. The van der Waals surface area contributed by atoms with E-state index in [0.717, 1.165) is 0 Å². The first-order valence-corrected chi connectivity index (χ1v) is 4.75. The van der Waals surface area contributed by atoms with E-state index in [1.807, 2.05) is 6.92 Å². The first-order valence-electron chi connectivity index (χ1n) is 3.61. The molecule has 0 aliphatic rings. The van der Waals surface area contributed by atoms with Gasteiger partial charge in [0.15, 0.2) is 6.10 Å². The monoisotopic (exact) mass is 242 g/mol. The molecule has 0 aromatic heterocycles. The topological polar surface area (TPSA) is 26.3 Å². The molecule has 0 bridgehead atoms. The van der Waals surface area contributed by atoms with Gasteiger partial charge in [-0.25, -0.2) is 4.79 Å². The molecule has 0 N–H and O–H groups in total. The highest BCUT2D eigenvalue weighted by Crippen LogP contribution is 2.28. The van der Waals surface area contributed by atoms with Crippen LogP contribution in [0.3, 0.4) is 0 Å². The average Bonchev–Trinajstić information content (AvgIpc) is 2.01. The molecule has 0 saturated carbocycles. The van der Waals surface area contributed by atoms with Gasteiger partial charge in [0.1, 0.15) is 0 Å². The molecule has 0 fully saturated rings. The minimum Gasteiger partial charge on any atom is -0.446 e. The second-order valence-electron chi connectivity index (χ2n) is 2.19. The van der Waals surface area contributed by atoms with Crippen LogP contribution >= 0.6 is 34.8 Å². The Kier molecular flexibility index (Phi) is 5.55. The summed E-state index contributed by atoms with van der Waals surface area (Å²) in [5.41, 5.74) is 0. The lowest BCUT2D eigenvalue weighted by molar-refractivity contribution is -0.145. The van der Waals surface area contributed by atoms with Crippen LogP contribution < -0.4 is 0 Å². The Morgan fingerprint density at radius 3 is 2.38 bits per heavy atom. The lowest BCUT2D eigenvalue weighted by atomic mass is 10.3. The molecule has 13 heavy (non-hydrogen) atoms. The number of esters is 1. The molecule has 1 atom stereocenters. The minimum absolute atomic E-state index is 0.506. The second-order valence-corrected chi connectivity index (χ2v) is 4.48. The van der Waals surface area contributed by atoms with Crippen LogP contribution in [0.15, 0.2) is 0 Å². The van der Waals surface area contributed by atoms with Gasteiger partial charge in [-0.15, -0.1) is 5.92 Å². The van der Waals surface area contributed by atoms with Gasteiger partial charge in [0, 0.05) is 0 Å². The summed E-state index contributed by atoms with van der Waals surface area (Å²) in [5.74, 6) is 4.39. The molecule has 0 saturated heterocycles. The van der Waals surface area contributed by atoms with Crippen LogP contribution in [0.4, 0.5) is 0 Å². The highest BCUT2D eigenvalue weighted by molar-refractivity contribution is 6.75. The highest BCUT2D eigenvalue weighted by Gasteiger charge is 2.33. The first kappa shape index (κ1) is 12.9. The fraction of sp³-hybridized carbons (Fsp3) is 0.625. The van der Waals surface area contributed by atoms with Crippen molar-refractivity contribution in [3.05, 3.63) is 0 Å². The SMILES string of the molecule is CC#CC(CC)OC(=O)C(Cl)(Cl)Cl. The molecule has 0 aliphatic carbocycles. The van der Waals surface area contributed by atoms with Crippen LogP contribution in [-0.2, 0) is 9.53 Å². The van der Waals surface area contributed by atoms with Crippen LogP contribution in [0.5, 0.6) is 0 Å². The molecule has 0 aromatic carbocycles. The Hall–Kier alpha value is -0.100. The average molecular weight is 244 g/mol. The molecule has 0 spiro atoms. The first-order chi connectivity index (χ1) is 5.91. The normalized spacial score (nSPS) is 12.7. The van der Waals surface area contributed by atoms with Crippen LogP contribution in [-0.4, -0.2) is 15.9 Å². The van der Waals surface area contributed by atoms with Crippen molar-refractivity contribution in [3.8, 4) is 11.8 Å². The fourth-order valence-electron chi connectivity index (χ4n) is 0.572. The molecule has 0 aromatic rings. The van der Waals surface area contributed by atoms with E-state index in [1.54, 1.807) is 6.92 Å². The summed E-state index contributed by atoms with van der Waals surface area (Å²) in [6.45, 7) is 3.46. The van der Waals surface area contributed by atoms with Gasteiger partial charge in [0.25, 0.3) is 3.79 Å². The van der Waals surface area contributed by atoms with Gasteiger partial charge in [-0.3, -0.25) is 0 Å². The molecule has 0 amide bonds. The standard InChI is InChI=1S/C8H9Cl3O2/c1-3-5-6(4-2)13-7(12)8(9,10)11/h6H,4H2,1-2H3. The number of rotatable bonds is 2. The van der Waals surface area contributed by atoms with Crippen molar-refractivity contribution in [1.29, 1.82) is 0 Å². The molecular weight excluding hydrogens is 234 g/mol. The molecule has 0 aliphatic heterocycles. The van der Waals surface area contributed by atoms with E-state index in [2.05, 4.69) is 11.8 Å². The Morgan fingerprint density at radius 1 is 1.54 bits per heavy atom. The quantitative estimate of drug-likeness (QED) is 0.423. The molecule has 0 rings (SSSR count). The van der Waals surface area contributed by atoms with Gasteiger partial charge in [-0.1, -0.05) is 47.6 Å². The maximum atomic E-state index is 11.0. The Bertz CT molecular complexity index is 234. The third kappa shape index (κ3) is 5.25. The van der Waals surface area contributed by atoms with Gasteiger partial charge in [0.05, 0.1) is 0 Å². The predicted octanol–water partition coefficient (Wildman–Crippen LogP) is 2.70. The lowest BCUT2D eigenvalue weighted by Crippen LogP contribution is -2.26. The second kappa shape index (κ2) is 5.59. The zero-order valence-corrected chi connectivity index (χ0v) is 9.50. The summed E-state index contributed by atoms with van der Waals surface area (Å²) in [5, 5.41) is 0. The highest BCUT2D eigenvalue weighted by atomic mass is 35.6. The number of carbonyl (C=O) groups is 1.